The first-order valence-electron chi connectivity index (χ1n) is 5.79. The molecule has 92 valence electrons. The van der Waals surface area contributed by atoms with Gasteiger partial charge < -0.3 is 15.7 Å². The lowest BCUT2D eigenvalue weighted by Crippen LogP contribution is -2.03. The third-order valence-electron chi connectivity index (χ3n) is 2.96. The van der Waals surface area contributed by atoms with Crippen molar-refractivity contribution in [2.24, 2.45) is 5.73 Å². The SMILES string of the molecule is NCCc1ncc(-c2c[nH]c3c(F)cccc23)[nH]1. The van der Waals surface area contributed by atoms with Gasteiger partial charge >= 0.3 is 0 Å². The molecule has 0 atom stereocenters. The molecule has 2 heterocycles. The highest BCUT2D eigenvalue weighted by molar-refractivity contribution is 5.94. The third kappa shape index (κ3) is 1.69. The lowest BCUT2D eigenvalue weighted by atomic mass is 10.1. The van der Waals surface area contributed by atoms with E-state index in [1.807, 2.05) is 6.07 Å². The van der Waals surface area contributed by atoms with Crippen molar-refractivity contribution in [1.29, 1.82) is 0 Å². The number of aromatic amines is 2. The molecule has 0 amide bonds. The van der Waals surface area contributed by atoms with E-state index < -0.39 is 0 Å². The number of rotatable bonds is 3. The maximum atomic E-state index is 13.6. The Morgan fingerprint density at radius 3 is 3.06 bits per heavy atom. The van der Waals surface area contributed by atoms with Gasteiger partial charge in [0.15, 0.2) is 0 Å². The van der Waals surface area contributed by atoms with Crippen LogP contribution in [0.5, 0.6) is 0 Å². The van der Waals surface area contributed by atoms with Crippen molar-refractivity contribution in [2.75, 3.05) is 6.54 Å². The van der Waals surface area contributed by atoms with E-state index in [-0.39, 0.29) is 5.82 Å². The van der Waals surface area contributed by atoms with Crippen LogP contribution < -0.4 is 5.73 Å². The van der Waals surface area contributed by atoms with Crippen LogP contribution in [-0.4, -0.2) is 21.5 Å². The molecule has 4 N–H and O–H groups in total. The van der Waals surface area contributed by atoms with Gasteiger partial charge in [-0.2, -0.15) is 0 Å². The number of hydrogen-bond acceptors (Lipinski definition) is 2. The summed E-state index contributed by atoms with van der Waals surface area (Å²) < 4.78 is 13.6. The number of fused-ring (bicyclic) bond motifs is 1. The van der Waals surface area contributed by atoms with Crippen LogP contribution in [0.2, 0.25) is 0 Å². The predicted molar refractivity (Wildman–Crippen MR) is 68.6 cm³/mol. The van der Waals surface area contributed by atoms with Crippen molar-refractivity contribution < 1.29 is 4.39 Å². The minimum Gasteiger partial charge on any atom is -0.358 e. The summed E-state index contributed by atoms with van der Waals surface area (Å²) in [7, 11) is 0. The number of hydrogen-bond donors (Lipinski definition) is 3. The highest BCUT2D eigenvalue weighted by atomic mass is 19.1. The summed E-state index contributed by atoms with van der Waals surface area (Å²) in [6, 6.07) is 5.02. The molecule has 2 aromatic heterocycles. The van der Waals surface area contributed by atoms with E-state index in [9.17, 15) is 4.39 Å². The predicted octanol–water partition coefficient (Wildman–Crippen LogP) is 2.20. The van der Waals surface area contributed by atoms with Crippen molar-refractivity contribution >= 4 is 10.9 Å². The van der Waals surface area contributed by atoms with Crippen LogP contribution in [0, 0.1) is 5.82 Å². The second kappa shape index (κ2) is 4.27. The van der Waals surface area contributed by atoms with Crippen LogP contribution in [0.15, 0.2) is 30.6 Å². The summed E-state index contributed by atoms with van der Waals surface area (Å²) in [5.41, 5.74) is 7.79. The Morgan fingerprint density at radius 1 is 1.33 bits per heavy atom. The first-order chi connectivity index (χ1) is 8.79. The van der Waals surface area contributed by atoms with Gasteiger partial charge in [0.1, 0.15) is 11.6 Å². The van der Waals surface area contributed by atoms with Crippen LogP contribution in [0.3, 0.4) is 0 Å². The number of H-pyrrole nitrogens is 2. The quantitative estimate of drug-likeness (QED) is 0.661. The molecular formula is C13H13FN4. The zero-order chi connectivity index (χ0) is 12.5. The van der Waals surface area contributed by atoms with Crippen LogP contribution in [0.4, 0.5) is 4.39 Å². The summed E-state index contributed by atoms with van der Waals surface area (Å²) in [6.07, 6.45) is 4.24. The molecule has 18 heavy (non-hydrogen) atoms. The molecule has 5 heteroatoms. The Labute approximate surface area is 103 Å². The number of aromatic nitrogens is 3. The number of nitrogens with one attached hydrogen (secondary N) is 2. The fourth-order valence-electron chi connectivity index (χ4n) is 2.10. The summed E-state index contributed by atoms with van der Waals surface area (Å²) >= 11 is 0. The lowest BCUT2D eigenvalue weighted by molar-refractivity contribution is 0.637. The molecule has 0 saturated heterocycles. The minimum absolute atomic E-state index is 0.250. The number of para-hydroxylation sites is 1. The molecule has 3 rings (SSSR count). The summed E-state index contributed by atoms with van der Waals surface area (Å²) in [6.45, 7) is 0.551. The van der Waals surface area contributed by atoms with Gasteiger partial charge in [0.2, 0.25) is 0 Å². The zero-order valence-corrected chi connectivity index (χ0v) is 9.70. The van der Waals surface area contributed by atoms with Gasteiger partial charge in [0, 0.05) is 23.6 Å². The van der Waals surface area contributed by atoms with Gasteiger partial charge in [-0.15, -0.1) is 0 Å². The van der Waals surface area contributed by atoms with Crippen molar-refractivity contribution in [3.63, 3.8) is 0 Å². The monoisotopic (exact) mass is 244 g/mol. The average Bonchev–Trinajstić information content (AvgIpc) is 2.96. The summed E-state index contributed by atoms with van der Waals surface area (Å²) in [4.78, 5) is 10.4. The smallest absolute Gasteiger partial charge is 0.147 e. The van der Waals surface area contributed by atoms with Gasteiger partial charge in [0.05, 0.1) is 17.4 Å². The molecular weight excluding hydrogens is 231 g/mol. The molecule has 0 aliphatic heterocycles. The van der Waals surface area contributed by atoms with E-state index in [0.29, 0.717) is 18.5 Å². The largest absolute Gasteiger partial charge is 0.358 e. The standard InChI is InChI=1S/C13H13FN4/c14-10-3-1-2-8-9(6-17-13(8)10)11-7-16-12(18-11)4-5-15/h1-3,6-7,17H,4-5,15H2,(H,16,18). The van der Waals surface area contributed by atoms with Crippen molar-refractivity contribution in [3.8, 4) is 11.3 Å². The normalized spacial score (nSPS) is 11.2. The fourth-order valence-corrected chi connectivity index (χ4v) is 2.10. The van der Waals surface area contributed by atoms with Crippen LogP contribution in [0.1, 0.15) is 5.82 Å². The molecule has 0 radical (unpaired) electrons. The van der Waals surface area contributed by atoms with E-state index >= 15 is 0 Å². The Kier molecular flexibility index (Phi) is 2.60. The van der Waals surface area contributed by atoms with Crippen molar-refractivity contribution in [1.82, 2.24) is 15.0 Å². The molecule has 1 aromatic carbocycles. The number of imidazole rings is 1. The molecule has 0 saturated carbocycles. The van der Waals surface area contributed by atoms with Crippen molar-refractivity contribution in [3.05, 3.63) is 42.2 Å². The number of nitrogens with two attached hydrogens (primary N) is 1. The third-order valence-corrected chi connectivity index (χ3v) is 2.96. The van der Waals surface area contributed by atoms with Crippen LogP contribution in [-0.2, 0) is 6.42 Å². The Balaban J connectivity index is 2.10. The molecule has 0 fully saturated rings. The van der Waals surface area contributed by atoms with Gasteiger partial charge in [-0.25, -0.2) is 9.37 Å². The maximum absolute atomic E-state index is 13.6. The Morgan fingerprint density at radius 2 is 2.22 bits per heavy atom. The Bertz CT molecular complexity index is 683. The van der Waals surface area contributed by atoms with Gasteiger partial charge in [-0.3, -0.25) is 0 Å². The summed E-state index contributed by atoms with van der Waals surface area (Å²) in [5, 5.41) is 0.845. The minimum atomic E-state index is -0.250. The van der Waals surface area contributed by atoms with E-state index in [1.54, 1.807) is 18.5 Å². The molecule has 3 aromatic rings. The molecule has 0 aliphatic rings. The molecule has 0 bridgehead atoms. The number of benzene rings is 1. The first kappa shape index (κ1) is 11.0. The van der Waals surface area contributed by atoms with Crippen LogP contribution >= 0.6 is 0 Å². The van der Waals surface area contributed by atoms with Gasteiger partial charge in [0.25, 0.3) is 0 Å². The van der Waals surface area contributed by atoms with E-state index in [1.165, 1.54) is 6.07 Å². The summed E-state index contributed by atoms with van der Waals surface area (Å²) in [5.74, 6) is 0.596. The second-order valence-corrected chi connectivity index (χ2v) is 4.15. The number of halogens is 1. The zero-order valence-electron chi connectivity index (χ0n) is 9.70. The number of nitrogens with zero attached hydrogens (tertiary/aromatic N) is 1. The highest BCUT2D eigenvalue weighted by Crippen LogP contribution is 2.28. The van der Waals surface area contributed by atoms with Gasteiger partial charge in [-0.05, 0) is 12.6 Å². The molecule has 0 spiro atoms. The van der Waals surface area contributed by atoms with Gasteiger partial charge in [-0.1, -0.05) is 12.1 Å². The topological polar surface area (TPSA) is 70.5 Å². The lowest BCUT2D eigenvalue weighted by Gasteiger charge is -1.96. The van der Waals surface area contributed by atoms with E-state index in [2.05, 4.69) is 15.0 Å². The second-order valence-electron chi connectivity index (χ2n) is 4.15. The molecule has 0 unspecified atom stereocenters. The molecule has 4 nitrogen and oxygen atoms in total. The van der Waals surface area contributed by atoms with E-state index in [0.717, 1.165) is 22.5 Å². The average molecular weight is 244 g/mol. The van der Waals surface area contributed by atoms with Crippen molar-refractivity contribution in [2.45, 2.75) is 6.42 Å². The van der Waals surface area contributed by atoms with E-state index in [4.69, 9.17) is 5.73 Å². The Hall–Kier alpha value is -2.14. The first-order valence-corrected chi connectivity index (χ1v) is 5.79. The highest BCUT2D eigenvalue weighted by Gasteiger charge is 2.10. The molecule has 0 aliphatic carbocycles. The maximum Gasteiger partial charge on any atom is 0.147 e. The van der Waals surface area contributed by atoms with Crippen LogP contribution in [0.25, 0.3) is 22.2 Å². The fraction of sp³-hybridized carbons (Fsp3) is 0.154.